The van der Waals surface area contributed by atoms with Crippen molar-refractivity contribution in [2.45, 2.75) is 58.8 Å². The highest BCUT2D eigenvalue weighted by molar-refractivity contribution is 4.69. The van der Waals surface area contributed by atoms with E-state index >= 15 is 0 Å². The zero-order valence-corrected chi connectivity index (χ0v) is 12.0. The van der Waals surface area contributed by atoms with E-state index in [0.29, 0.717) is 0 Å². The summed E-state index contributed by atoms with van der Waals surface area (Å²) >= 11 is 0. The van der Waals surface area contributed by atoms with Crippen LogP contribution in [0, 0.1) is 5.92 Å². The number of unbranched alkanes of at least 4 members (excludes halogenated alkanes) is 5. The van der Waals surface area contributed by atoms with Crippen molar-refractivity contribution in [1.82, 2.24) is 10.2 Å². The summed E-state index contributed by atoms with van der Waals surface area (Å²) in [5.74, 6) is 0.815. The molecule has 1 unspecified atom stereocenters. The Labute approximate surface area is 108 Å². The Hall–Kier alpha value is -0.0800. The van der Waals surface area contributed by atoms with Crippen LogP contribution in [0.4, 0.5) is 0 Å². The lowest BCUT2D eigenvalue weighted by molar-refractivity contribution is 0.212. The molecule has 1 aliphatic heterocycles. The van der Waals surface area contributed by atoms with Gasteiger partial charge in [-0.2, -0.15) is 0 Å². The molecule has 2 heteroatoms. The number of nitrogens with one attached hydrogen (secondary N) is 1. The monoisotopic (exact) mass is 240 g/mol. The first-order chi connectivity index (χ1) is 8.33. The summed E-state index contributed by atoms with van der Waals surface area (Å²) in [7, 11) is 0. The SMILES string of the molecule is CCCCCCCCN1CCCNCC(C)C1. The number of rotatable bonds is 7. The van der Waals surface area contributed by atoms with E-state index in [-0.39, 0.29) is 0 Å². The molecule has 0 amide bonds. The van der Waals surface area contributed by atoms with Gasteiger partial charge in [-0.15, -0.1) is 0 Å². The summed E-state index contributed by atoms with van der Waals surface area (Å²) in [5.41, 5.74) is 0. The predicted molar refractivity (Wildman–Crippen MR) is 76.5 cm³/mol. The fourth-order valence-electron chi connectivity index (χ4n) is 2.69. The molecule has 0 spiro atoms. The van der Waals surface area contributed by atoms with E-state index in [1.807, 2.05) is 0 Å². The highest BCUT2D eigenvalue weighted by Crippen LogP contribution is 2.08. The summed E-state index contributed by atoms with van der Waals surface area (Å²) in [5, 5.41) is 3.52. The number of hydrogen-bond acceptors (Lipinski definition) is 2. The van der Waals surface area contributed by atoms with Crippen LogP contribution in [0.15, 0.2) is 0 Å². The van der Waals surface area contributed by atoms with Gasteiger partial charge in [0, 0.05) is 6.54 Å². The van der Waals surface area contributed by atoms with E-state index < -0.39 is 0 Å². The minimum atomic E-state index is 0.815. The molecule has 0 aromatic heterocycles. The van der Waals surface area contributed by atoms with Crippen LogP contribution in [0.3, 0.4) is 0 Å². The van der Waals surface area contributed by atoms with E-state index in [0.717, 1.165) is 5.92 Å². The highest BCUT2D eigenvalue weighted by atomic mass is 15.1. The Morgan fingerprint density at radius 1 is 1.12 bits per heavy atom. The third-order valence-electron chi connectivity index (χ3n) is 3.72. The van der Waals surface area contributed by atoms with Crippen LogP contribution < -0.4 is 5.32 Å². The quantitative estimate of drug-likeness (QED) is 0.687. The van der Waals surface area contributed by atoms with Crippen LogP contribution in [0.2, 0.25) is 0 Å². The molecule has 1 heterocycles. The fraction of sp³-hybridized carbons (Fsp3) is 1.00. The van der Waals surface area contributed by atoms with Gasteiger partial charge in [0.25, 0.3) is 0 Å². The molecule has 1 fully saturated rings. The number of hydrogen-bond donors (Lipinski definition) is 1. The lowest BCUT2D eigenvalue weighted by atomic mass is 10.1. The lowest BCUT2D eigenvalue weighted by Gasteiger charge is -2.28. The fourth-order valence-corrected chi connectivity index (χ4v) is 2.69. The molecule has 0 aromatic carbocycles. The molecule has 0 bridgehead atoms. The molecular weight excluding hydrogens is 208 g/mol. The minimum absolute atomic E-state index is 0.815. The van der Waals surface area contributed by atoms with Crippen LogP contribution in [0.5, 0.6) is 0 Å². The Kier molecular flexibility index (Phi) is 8.72. The molecule has 1 aliphatic rings. The van der Waals surface area contributed by atoms with Crippen molar-refractivity contribution in [2.24, 2.45) is 5.92 Å². The van der Waals surface area contributed by atoms with Gasteiger partial charge in [0.05, 0.1) is 0 Å². The van der Waals surface area contributed by atoms with E-state index in [2.05, 4.69) is 24.1 Å². The number of nitrogens with zero attached hydrogens (tertiary/aromatic N) is 1. The summed E-state index contributed by atoms with van der Waals surface area (Å²) in [6, 6.07) is 0. The molecule has 1 N–H and O–H groups in total. The van der Waals surface area contributed by atoms with E-state index in [9.17, 15) is 0 Å². The maximum absolute atomic E-state index is 3.52. The zero-order chi connectivity index (χ0) is 12.3. The van der Waals surface area contributed by atoms with Gasteiger partial charge < -0.3 is 10.2 Å². The second-order valence-corrected chi connectivity index (χ2v) is 5.73. The van der Waals surface area contributed by atoms with Gasteiger partial charge in [-0.3, -0.25) is 0 Å². The summed E-state index contributed by atoms with van der Waals surface area (Å²) in [6.07, 6.45) is 9.83. The largest absolute Gasteiger partial charge is 0.316 e. The second-order valence-electron chi connectivity index (χ2n) is 5.73. The van der Waals surface area contributed by atoms with Crippen molar-refractivity contribution in [1.29, 1.82) is 0 Å². The predicted octanol–water partition coefficient (Wildman–Crippen LogP) is 3.28. The molecule has 0 aromatic rings. The smallest absolute Gasteiger partial charge is 0.00191 e. The Balaban J connectivity index is 2.03. The third kappa shape index (κ3) is 7.77. The maximum atomic E-state index is 3.52. The minimum Gasteiger partial charge on any atom is -0.316 e. The summed E-state index contributed by atoms with van der Waals surface area (Å²) in [4.78, 5) is 2.69. The van der Waals surface area contributed by atoms with Crippen LogP contribution >= 0.6 is 0 Å². The molecule has 0 radical (unpaired) electrons. The van der Waals surface area contributed by atoms with E-state index in [1.54, 1.807) is 0 Å². The van der Waals surface area contributed by atoms with Crippen LogP contribution in [0.1, 0.15) is 58.8 Å². The van der Waals surface area contributed by atoms with Gasteiger partial charge in [-0.25, -0.2) is 0 Å². The molecule has 0 aliphatic carbocycles. The van der Waals surface area contributed by atoms with Gasteiger partial charge in [-0.1, -0.05) is 46.0 Å². The van der Waals surface area contributed by atoms with E-state index in [4.69, 9.17) is 0 Å². The molecule has 1 saturated heterocycles. The van der Waals surface area contributed by atoms with Crippen molar-refractivity contribution in [3.05, 3.63) is 0 Å². The molecular formula is C15H32N2. The van der Waals surface area contributed by atoms with Gasteiger partial charge in [-0.05, 0) is 44.9 Å². The van der Waals surface area contributed by atoms with Crippen molar-refractivity contribution in [2.75, 3.05) is 32.7 Å². The van der Waals surface area contributed by atoms with Crippen molar-refractivity contribution >= 4 is 0 Å². The Morgan fingerprint density at radius 2 is 1.88 bits per heavy atom. The molecule has 1 atom stereocenters. The van der Waals surface area contributed by atoms with Gasteiger partial charge in [0.1, 0.15) is 0 Å². The van der Waals surface area contributed by atoms with Gasteiger partial charge >= 0.3 is 0 Å². The van der Waals surface area contributed by atoms with Crippen molar-refractivity contribution < 1.29 is 0 Å². The third-order valence-corrected chi connectivity index (χ3v) is 3.72. The maximum Gasteiger partial charge on any atom is 0.00191 e. The average Bonchev–Trinajstić information content (AvgIpc) is 2.29. The summed E-state index contributed by atoms with van der Waals surface area (Å²) in [6.45, 7) is 11.0. The first kappa shape index (κ1) is 15.0. The average molecular weight is 240 g/mol. The van der Waals surface area contributed by atoms with Crippen LogP contribution in [0.25, 0.3) is 0 Å². The van der Waals surface area contributed by atoms with Crippen molar-refractivity contribution in [3.8, 4) is 0 Å². The highest BCUT2D eigenvalue weighted by Gasteiger charge is 2.12. The normalized spacial score (nSPS) is 23.3. The zero-order valence-electron chi connectivity index (χ0n) is 12.0. The first-order valence-electron chi connectivity index (χ1n) is 7.76. The van der Waals surface area contributed by atoms with Gasteiger partial charge in [0.2, 0.25) is 0 Å². The standard InChI is InChI=1S/C15H32N2/c1-3-4-5-6-7-8-11-17-12-9-10-16-13-15(2)14-17/h15-16H,3-14H2,1-2H3. The first-order valence-corrected chi connectivity index (χ1v) is 7.76. The summed E-state index contributed by atoms with van der Waals surface area (Å²) < 4.78 is 0. The molecule has 1 rings (SSSR count). The second kappa shape index (κ2) is 9.90. The molecule has 2 nitrogen and oxygen atoms in total. The molecule has 0 saturated carbocycles. The lowest BCUT2D eigenvalue weighted by Crippen LogP contribution is -2.39. The molecule has 102 valence electrons. The van der Waals surface area contributed by atoms with Crippen molar-refractivity contribution in [3.63, 3.8) is 0 Å². The Bertz CT molecular complexity index is 170. The Morgan fingerprint density at radius 3 is 2.71 bits per heavy atom. The van der Waals surface area contributed by atoms with Crippen LogP contribution in [-0.2, 0) is 0 Å². The van der Waals surface area contributed by atoms with Gasteiger partial charge in [0.15, 0.2) is 0 Å². The molecule has 17 heavy (non-hydrogen) atoms. The van der Waals surface area contributed by atoms with E-state index in [1.165, 1.54) is 77.7 Å². The van der Waals surface area contributed by atoms with Crippen LogP contribution in [-0.4, -0.2) is 37.6 Å². The topological polar surface area (TPSA) is 15.3 Å².